The van der Waals surface area contributed by atoms with Crippen molar-refractivity contribution in [3.8, 4) is 0 Å². The van der Waals surface area contributed by atoms with E-state index in [1.54, 1.807) is 32.0 Å². The van der Waals surface area contributed by atoms with Gasteiger partial charge in [-0.2, -0.15) is 5.10 Å². The van der Waals surface area contributed by atoms with Crippen LogP contribution in [0.25, 0.3) is 0 Å². The van der Waals surface area contributed by atoms with Gasteiger partial charge < -0.3 is 5.32 Å². The van der Waals surface area contributed by atoms with Crippen LogP contribution in [0.4, 0.5) is 11.4 Å². The molecular formula is C20H20N4O4. The Labute approximate surface area is 161 Å². The lowest BCUT2D eigenvalue weighted by atomic mass is 10.1. The Morgan fingerprint density at radius 2 is 1.89 bits per heavy atom. The van der Waals surface area contributed by atoms with E-state index < -0.39 is 10.8 Å². The van der Waals surface area contributed by atoms with Crippen LogP contribution in [0.3, 0.4) is 0 Å². The molecule has 0 heterocycles. The summed E-state index contributed by atoms with van der Waals surface area (Å²) < 4.78 is 0. The van der Waals surface area contributed by atoms with Crippen molar-refractivity contribution in [3.63, 3.8) is 0 Å². The third-order valence-electron chi connectivity index (χ3n) is 4.49. The number of hydrogen-bond donors (Lipinski definition) is 2. The smallest absolute Gasteiger partial charge is 0.273 e. The Bertz CT molecular complexity index is 980. The highest BCUT2D eigenvalue weighted by atomic mass is 16.6. The van der Waals surface area contributed by atoms with Crippen LogP contribution >= 0.6 is 0 Å². The lowest BCUT2D eigenvalue weighted by Gasteiger charge is -2.07. The van der Waals surface area contributed by atoms with Crippen molar-refractivity contribution < 1.29 is 14.5 Å². The summed E-state index contributed by atoms with van der Waals surface area (Å²) in [4.78, 5) is 34.6. The highest BCUT2D eigenvalue weighted by Gasteiger charge is 2.29. The topological polar surface area (TPSA) is 114 Å². The molecule has 8 heteroatoms. The van der Waals surface area contributed by atoms with Crippen molar-refractivity contribution in [1.82, 2.24) is 5.43 Å². The summed E-state index contributed by atoms with van der Waals surface area (Å²) in [6, 6.07) is 11.4. The van der Waals surface area contributed by atoms with E-state index in [1.165, 1.54) is 18.2 Å². The van der Waals surface area contributed by atoms with E-state index in [2.05, 4.69) is 15.8 Å². The molecule has 3 rings (SSSR count). The number of nitrogens with zero attached hydrogens (tertiary/aromatic N) is 2. The molecule has 2 amide bonds. The quantitative estimate of drug-likeness (QED) is 0.454. The van der Waals surface area contributed by atoms with Gasteiger partial charge in [0, 0.05) is 28.8 Å². The van der Waals surface area contributed by atoms with Gasteiger partial charge in [-0.15, -0.1) is 0 Å². The maximum atomic E-state index is 12.3. The molecule has 0 aliphatic heterocycles. The van der Waals surface area contributed by atoms with E-state index in [4.69, 9.17) is 0 Å². The number of nitro benzene ring substituents is 1. The maximum Gasteiger partial charge on any atom is 0.273 e. The molecule has 0 bridgehead atoms. The number of nitro groups is 1. The second-order valence-electron chi connectivity index (χ2n) is 6.74. The van der Waals surface area contributed by atoms with Crippen molar-refractivity contribution in [2.24, 2.45) is 11.0 Å². The summed E-state index contributed by atoms with van der Waals surface area (Å²) in [5.41, 5.74) is 4.87. The molecule has 2 aromatic carbocycles. The summed E-state index contributed by atoms with van der Waals surface area (Å²) in [5.74, 6) is -0.419. The maximum absolute atomic E-state index is 12.3. The molecule has 2 N–H and O–H groups in total. The molecule has 2 aromatic rings. The number of rotatable bonds is 6. The molecule has 1 aliphatic carbocycles. The van der Waals surface area contributed by atoms with Gasteiger partial charge in [-0.25, -0.2) is 5.43 Å². The Morgan fingerprint density at radius 3 is 2.57 bits per heavy atom. The van der Waals surface area contributed by atoms with Gasteiger partial charge in [0.2, 0.25) is 5.91 Å². The molecule has 144 valence electrons. The van der Waals surface area contributed by atoms with Gasteiger partial charge in [-0.3, -0.25) is 19.7 Å². The Balaban J connectivity index is 1.70. The second-order valence-corrected chi connectivity index (χ2v) is 6.74. The number of nitrogens with one attached hydrogen (secondary N) is 2. The third-order valence-corrected chi connectivity index (χ3v) is 4.49. The van der Waals surface area contributed by atoms with E-state index >= 15 is 0 Å². The molecule has 0 saturated heterocycles. The minimum absolute atomic E-state index is 0.0148. The van der Waals surface area contributed by atoms with Crippen LogP contribution in [0.2, 0.25) is 0 Å². The van der Waals surface area contributed by atoms with Crippen LogP contribution in [0, 0.1) is 23.0 Å². The number of aryl methyl sites for hydroxylation is 1. The fraction of sp³-hybridized carbons (Fsp3) is 0.250. The lowest BCUT2D eigenvalue weighted by Crippen LogP contribution is -2.19. The van der Waals surface area contributed by atoms with Crippen LogP contribution in [0.15, 0.2) is 47.6 Å². The van der Waals surface area contributed by atoms with Crippen LogP contribution in [0.1, 0.15) is 41.3 Å². The monoisotopic (exact) mass is 380 g/mol. The zero-order valence-corrected chi connectivity index (χ0v) is 15.6. The van der Waals surface area contributed by atoms with Crippen LogP contribution < -0.4 is 10.7 Å². The molecule has 1 fully saturated rings. The van der Waals surface area contributed by atoms with Gasteiger partial charge >= 0.3 is 0 Å². The number of hydrogen-bond acceptors (Lipinski definition) is 5. The fourth-order valence-corrected chi connectivity index (χ4v) is 2.62. The first-order valence-corrected chi connectivity index (χ1v) is 8.86. The zero-order valence-electron chi connectivity index (χ0n) is 15.6. The molecule has 0 atom stereocenters. The summed E-state index contributed by atoms with van der Waals surface area (Å²) in [7, 11) is 0. The zero-order chi connectivity index (χ0) is 20.3. The molecule has 0 unspecified atom stereocenters. The summed E-state index contributed by atoms with van der Waals surface area (Å²) in [5, 5.41) is 18.0. The minimum atomic E-state index is -0.541. The van der Waals surface area contributed by atoms with Gasteiger partial charge in [0.05, 0.1) is 10.6 Å². The van der Waals surface area contributed by atoms with Gasteiger partial charge in [-0.1, -0.05) is 18.2 Å². The molecule has 1 aliphatic rings. The first-order valence-electron chi connectivity index (χ1n) is 8.86. The highest BCUT2D eigenvalue weighted by molar-refractivity contribution is 6.02. The van der Waals surface area contributed by atoms with Crippen molar-refractivity contribution >= 4 is 28.9 Å². The number of anilines is 1. The van der Waals surface area contributed by atoms with Crippen molar-refractivity contribution in [2.45, 2.75) is 26.7 Å². The number of amides is 2. The predicted octanol–water partition coefficient (Wildman–Crippen LogP) is 3.41. The normalized spacial score (nSPS) is 13.7. The number of hydrazone groups is 1. The minimum Gasteiger partial charge on any atom is -0.326 e. The summed E-state index contributed by atoms with van der Waals surface area (Å²) in [6.07, 6.45) is 1.85. The van der Waals surface area contributed by atoms with E-state index in [-0.39, 0.29) is 23.1 Å². The second kappa shape index (κ2) is 7.99. The molecule has 0 aromatic heterocycles. The summed E-state index contributed by atoms with van der Waals surface area (Å²) >= 11 is 0. The molecule has 0 radical (unpaired) electrons. The average Bonchev–Trinajstić information content (AvgIpc) is 3.51. The van der Waals surface area contributed by atoms with Gasteiger partial charge in [0.15, 0.2) is 0 Å². The van der Waals surface area contributed by atoms with Crippen molar-refractivity contribution in [2.75, 3.05) is 5.32 Å². The van der Waals surface area contributed by atoms with Gasteiger partial charge in [0.1, 0.15) is 0 Å². The standard InChI is InChI=1S/C20H20N4O4/c1-12-6-7-16(11-18(12)24(27)28)20(26)23-22-13(2)15-4-3-5-17(10-15)21-19(25)14-8-9-14/h3-7,10-11,14H,8-9H2,1-2H3,(H,21,25)(H,23,26)/b22-13-. The highest BCUT2D eigenvalue weighted by Crippen LogP contribution is 2.30. The Hall–Kier alpha value is -3.55. The molecule has 0 spiro atoms. The van der Waals surface area contributed by atoms with Crippen molar-refractivity contribution in [3.05, 3.63) is 69.3 Å². The molecule has 8 nitrogen and oxygen atoms in total. The van der Waals surface area contributed by atoms with Crippen LogP contribution in [-0.2, 0) is 4.79 Å². The largest absolute Gasteiger partial charge is 0.326 e. The number of carbonyl (C=O) groups is 2. The molecular weight excluding hydrogens is 360 g/mol. The van der Waals surface area contributed by atoms with Crippen LogP contribution in [0.5, 0.6) is 0 Å². The Kier molecular flexibility index (Phi) is 5.49. The molecule has 1 saturated carbocycles. The van der Waals surface area contributed by atoms with E-state index in [9.17, 15) is 19.7 Å². The van der Waals surface area contributed by atoms with Gasteiger partial charge in [-0.05, 0) is 50.5 Å². The van der Waals surface area contributed by atoms with E-state index in [1.807, 2.05) is 6.07 Å². The third kappa shape index (κ3) is 4.59. The van der Waals surface area contributed by atoms with Crippen LogP contribution in [-0.4, -0.2) is 22.4 Å². The SMILES string of the molecule is C/C(=N/NC(=O)c1ccc(C)c([N+](=O)[O-])c1)c1cccc(NC(=O)C2CC2)c1. The van der Waals surface area contributed by atoms with Gasteiger partial charge in [0.25, 0.3) is 11.6 Å². The lowest BCUT2D eigenvalue weighted by molar-refractivity contribution is -0.385. The Morgan fingerprint density at radius 1 is 1.14 bits per heavy atom. The average molecular weight is 380 g/mol. The first kappa shape index (κ1) is 19.2. The first-order chi connectivity index (χ1) is 13.3. The predicted molar refractivity (Wildman–Crippen MR) is 105 cm³/mol. The van der Waals surface area contributed by atoms with Crippen molar-refractivity contribution in [1.29, 1.82) is 0 Å². The number of benzene rings is 2. The van der Waals surface area contributed by atoms with E-state index in [0.717, 1.165) is 18.4 Å². The number of carbonyl (C=O) groups excluding carboxylic acids is 2. The molecule has 28 heavy (non-hydrogen) atoms. The summed E-state index contributed by atoms with van der Waals surface area (Å²) in [6.45, 7) is 3.33. The van der Waals surface area contributed by atoms with E-state index in [0.29, 0.717) is 17.0 Å². The fourth-order valence-electron chi connectivity index (χ4n) is 2.62.